The molecule has 2 aromatic rings. The average molecular weight is 366 g/mol. The van der Waals surface area contributed by atoms with Crippen LogP contribution in [0.15, 0.2) is 59.4 Å². The molecule has 2 aliphatic rings. The second-order valence-electron chi connectivity index (χ2n) is 5.39. The Morgan fingerprint density at radius 1 is 1.17 bits per heavy atom. The van der Waals surface area contributed by atoms with Gasteiger partial charge in [0, 0.05) is 0 Å². The van der Waals surface area contributed by atoms with E-state index in [4.69, 9.17) is 0 Å². The third kappa shape index (κ3) is 5.42. The van der Waals surface area contributed by atoms with Crippen LogP contribution in [0.5, 0.6) is 0 Å². The maximum Gasteiger partial charge on any atom is 4.00 e. The summed E-state index contributed by atoms with van der Waals surface area (Å²) < 4.78 is 0. The fourth-order valence-corrected chi connectivity index (χ4v) is 5.30. The van der Waals surface area contributed by atoms with Gasteiger partial charge in [0.1, 0.15) is 0 Å². The molecule has 4 rings (SSSR count). The van der Waals surface area contributed by atoms with Gasteiger partial charge in [0.15, 0.2) is 0 Å². The van der Waals surface area contributed by atoms with E-state index in [1.165, 1.54) is 35.9 Å². The molecule has 1 heterocycles. The van der Waals surface area contributed by atoms with E-state index in [-0.39, 0.29) is 31.1 Å². The molecule has 0 nitrogen and oxygen atoms in total. The molecule has 1 aliphatic carbocycles. The minimum absolute atomic E-state index is 0. The quantitative estimate of drug-likeness (QED) is 0.403. The van der Waals surface area contributed by atoms with Crippen LogP contribution < -0.4 is 9.41 Å². The molecule has 23 heavy (non-hydrogen) atoms. The molecule has 1 fully saturated rings. The number of hydrogen-bond donors (Lipinski definition) is 0. The summed E-state index contributed by atoms with van der Waals surface area (Å²) >= 11 is 0. The Morgan fingerprint density at radius 3 is 2.65 bits per heavy atom. The Morgan fingerprint density at radius 2 is 1.96 bits per heavy atom. The predicted octanol–water partition coefficient (Wildman–Crippen LogP) is -0.137. The van der Waals surface area contributed by atoms with E-state index in [9.17, 15) is 0 Å². The molecule has 0 spiro atoms. The van der Waals surface area contributed by atoms with Gasteiger partial charge in [-0.25, -0.2) is 0 Å². The van der Waals surface area contributed by atoms with Gasteiger partial charge in [0.2, 0.25) is 0 Å². The van der Waals surface area contributed by atoms with Crippen LogP contribution in [-0.2, 0) is 21.7 Å². The van der Waals surface area contributed by atoms with Gasteiger partial charge >= 0.3 is 21.7 Å². The third-order valence-electron chi connectivity index (χ3n) is 3.93. The summed E-state index contributed by atoms with van der Waals surface area (Å²) in [7, 11) is 0.293. The molecule has 0 N–H and O–H groups in total. The molecule has 1 unspecified atom stereocenters. The maximum atomic E-state index is 3.47. The SMILES string of the molecule is CCCCP1CC2=CC[C-]=C21.[F-].[F-].[Ti+4].c1ccc2[cH-]ccc2c1. The monoisotopic (exact) mass is 366 g/mol. The Bertz CT molecular complexity index is 615. The summed E-state index contributed by atoms with van der Waals surface area (Å²) in [6.45, 7) is 2.28. The van der Waals surface area contributed by atoms with Crippen LogP contribution in [0.2, 0.25) is 0 Å². The molecule has 1 atom stereocenters. The minimum Gasteiger partial charge on any atom is -1.00 e. The number of halogens is 2. The molecule has 0 aromatic heterocycles. The Labute approximate surface area is 153 Å². The Balaban J connectivity index is 0.000000377. The van der Waals surface area contributed by atoms with Crippen molar-refractivity contribution in [2.24, 2.45) is 0 Å². The van der Waals surface area contributed by atoms with Gasteiger partial charge in [-0.1, -0.05) is 25.6 Å². The summed E-state index contributed by atoms with van der Waals surface area (Å²) in [5.41, 5.74) is 1.63. The zero-order valence-electron chi connectivity index (χ0n) is 13.4. The first-order valence-electron chi connectivity index (χ1n) is 7.54. The maximum absolute atomic E-state index is 3.47. The number of benzene rings is 1. The molecule has 1 saturated heterocycles. The van der Waals surface area contributed by atoms with E-state index < -0.39 is 0 Å². The van der Waals surface area contributed by atoms with E-state index in [0.717, 1.165) is 6.42 Å². The van der Waals surface area contributed by atoms with Crippen molar-refractivity contribution in [3.63, 3.8) is 0 Å². The average Bonchev–Trinajstić information content (AvgIpc) is 3.07. The molecule has 0 amide bonds. The van der Waals surface area contributed by atoms with Gasteiger partial charge in [0.25, 0.3) is 0 Å². The van der Waals surface area contributed by atoms with Crippen molar-refractivity contribution < 1.29 is 31.1 Å². The van der Waals surface area contributed by atoms with Crippen LogP contribution in [-0.4, -0.2) is 12.3 Å². The largest absolute Gasteiger partial charge is 4.00 e. The van der Waals surface area contributed by atoms with Crippen LogP contribution in [0.25, 0.3) is 10.8 Å². The van der Waals surface area contributed by atoms with E-state index in [1.807, 2.05) is 0 Å². The van der Waals surface area contributed by atoms with Gasteiger partial charge in [0.05, 0.1) is 0 Å². The van der Waals surface area contributed by atoms with Crippen LogP contribution in [0.3, 0.4) is 0 Å². The van der Waals surface area contributed by atoms with Crippen LogP contribution in [0.4, 0.5) is 0 Å². The van der Waals surface area contributed by atoms with Crippen molar-refractivity contribution in [2.75, 3.05) is 12.3 Å². The first kappa shape index (κ1) is 22.3. The van der Waals surface area contributed by atoms with Gasteiger partial charge < -0.3 is 9.41 Å². The third-order valence-corrected chi connectivity index (χ3v) is 6.58. The van der Waals surface area contributed by atoms with Crippen molar-refractivity contribution in [3.8, 4) is 0 Å². The number of hydrogen-bond acceptors (Lipinski definition) is 0. The first-order chi connectivity index (χ1) is 9.88. The van der Waals surface area contributed by atoms with Crippen molar-refractivity contribution in [3.05, 3.63) is 65.5 Å². The van der Waals surface area contributed by atoms with E-state index in [1.54, 1.807) is 10.9 Å². The molecule has 120 valence electrons. The predicted molar refractivity (Wildman–Crippen MR) is 90.6 cm³/mol. The summed E-state index contributed by atoms with van der Waals surface area (Å²) in [6.07, 6.45) is 12.6. The summed E-state index contributed by atoms with van der Waals surface area (Å²) in [6, 6.07) is 14.7. The number of rotatable bonds is 3. The van der Waals surface area contributed by atoms with Gasteiger partial charge in [-0.05, 0) is 12.6 Å². The normalized spacial score (nSPS) is 17.0. The van der Waals surface area contributed by atoms with E-state index in [2.05, 4.69) is 61.5 Å². The summed E-state index contributed by atoms with van der Waals surface area (Å²) in [5.74, 6) is 0. The standard InChI is InChI=1S/C10H14P.C9H7.2FH.Ti/c1-2-3-7-11-8-9-5-4-6-10(9)11;1-2-5-9-7-3-6-8(9)4-1;;;/h5H,2-4,7-8H2,1H3;1-7H;2*1H;/q2*-1;;;+4/p-2. The van der Waals surface area contributed by atoms with Crippen molar-refractivity contribution in [1.82, 2.24) is 0 Å². The van der Waals surface area contributed by atoms with E-state index >= 15 is 0 Å². The molecule has 2 aromatic carbocycles. The van der Waals surface area contributed by atoms with Gasteiger partial charge in [-0.15, -0.1) is 44.0 Å². The van der Waals surface area contributed by atoms with E-state index in [0.29, 0.717) is 7.92 Å². The van der Waals surface area contributed by atoms with Crippen molar-refractivity contribution in [2.45, 2.75) is 26.2 Å². The zero-order valence-corrected chi connectivity index (χ0v) is 15.8. The zero-order chi connectivity index (χ0) is 13.8. The second-order valence-corrected chi connectivity index (χ2v) is 7.68. The molecule has 4 heteroatoms. The van der Waals surface area contributed by atoms with Gasteiger partial charge in [-0.2, -0.15) is 34.5 Å². The molecular formula is C19H21F2PTi. The Kier molecular flexibility index (Phi) is 10.6. The summed E-state index contributed by atoms with van der Waals surface area (Å²) in [5, 5.41) is 4.29. The number of fused-ring (bicyclic) bond motifs is 2. The van der Waals surface area contributed by atoms with Crippen molar-refractivity contribution in [1.29, 1.82) is 0 Å². The smallest absolute Gasteiger partial charge is 1.00 e. The minimum atomic E-state index is 0. The summed E-state index contributed by atoms with van der Waals surface area (Å²) in [4.78, 5) is 0. The Hall–Kier alpha value is -0.686. The van der Waals surface area contributed by atoms with Gasteiger partial charge in [-0.3, -0.25) is 6.08 Å². The molecular weight excluding hydrogens is 345 g/mol. The topological polar surface area (TPSA) is 0 Å². The fraction of sp³-hybridized carbons (Fsp3) is 0.316. The molecule has 0 bridgehead atoms. The van der Waals surface area contributed by atoms with Crippen LogP contribution in [0, 0.1) is 6.08 Å². The molecule has 1 aliphatic heterocycles. The first-order valence-corrected chi connectivity index (χ1v) is 9.25. The second kappa shape index (κ2) is 11.0. The fourth-order valence-electron chi connectivity index (χ4n) is 2.74. The van der Waals surface area contributed by atoms with Crippen LogP contribution in [0.1, 0.15) is 26.2 Å². The van der Waals surface area contributed by atoms with Crippen LogP contribution >= 0.6 is 7.92 Å². The van der Waals surface area contributed by atoms with Crippen molar-refractivity contribution >= 4 is 18.7 Å². The number of unbranched alkanes of at least 4 members (excludes halogenated alkanes) is 1. The molecule has 0 radical (unpaired) electrons. The molecule has 0 saturated carbocycles. The number of allylic oxidation sites excluding steroid dienone is 4.